The number of nitrogens with one attached hydrogen (secondary N) is 1. The maximum atomic E-state index is 13.1. The number of hydrogen-bond acceptors (Lipinski definition) is 6. The molecule has 0 aliphatic carbocycles. The number of fused-ring (bicyclic) bond motifs is 1. The van der Waals surface area contributed by atoms with Gasteiger partial charge in [0.2, 0.25) is 0 Å². The maximum absolute atomic E-state index is 13.1. The molecule has 2 heterocycles. The number of carbonyl (C=O) groups excluding carboxylic acids is 2. The first-order valence-corrected chi connectivity index (χ1v) is 11.0. The molecular weight excluding hydrogens is 442 g/mol. The molecule has 4 aromatic rings. The molecule has 8 nitrogen and oxygen atoms in total. The highest BCUT2D eigenvalue weighted by Crippen LogP contribution is 2.32. The summed E-state index contributed by atoms with van der Waals surface area (Å²) in [6, 6.07) is 18.4. The number of rotatable bonds is 8. The molecular formula is C24H21N3O5S. The molecule has 0 atom stereocenters. The molecule has 0 aliphatic heterocycles. The number of aliphatic carboxylic acids is 1. The Labute approximate surface area is 193 Å². The average Bonchev–Trinajstić information content (AvgIpc) is 3.35. The van der Waals surface area contributed by atoms with Gasteiger partial charge in [0.25, 0.3) is 5.91 Å². The molecule has 4 rings (SSSR count). The van der Waals surface area contributed by atoms with Crippen LogP contribution in [0.1, 0.15) is 22.3 Å². The number of para-hydroxylation sites is 1. The van der Waals surface area contributed by atoms with Gasteiger partial charge in [-0.15, -0.1) is 11.3 Å². The molecule has 33 heavy (non-hydrogen) atoms. The van der Waals surface area contributed by atoms with E-state index >= 15 is 0 Å². The lowest BCUT2D eigenvalue weighted by molar-refractivity contribution is -0.141. The second-order valence-corrected chi connectivity index (χ2v) is 8.35. The van der Waals surface area contributed by atoms with E-state index in [1.807, 2.05) is 42.5 Å². The quantitative estimate of drug-likeness (QED) is 0.379. The van der Waals surface area contributed by atoms with Crippen LogP contribution in [0.3, 0.4) is 0 Å². The van der Waals surface area contributed by atoms with Crippen molar-refractivity contribution in [2.45, 2.75) is 19.9 Å². The predicted molar refractivity (Wildman–Crippen MR) is 125 cm³/mol. The van der Waals surface area contributed by atoms with Gasteiger partial charge in [-0.2, -0.15) is 0 Å². The Morgan fingerprint density at radius 1 is 1.09 bits per heavy atom. The smallest absolute Gasteiger partial charge is 0.323 e. The molecule has 0 saturated carbocycles. The van der Waals surface area contributed by atoms with Crippen LogP contribution >= 0.6 is 11.3 Å². The zero-order chi connectivity index (χ0) is 23.4. The van der Waals surface area contributed by atoms with E-state index in [-0.39, 0.29) is 24.8 Å². The standard InChI is InChI=1S/C24H21N3O5S/c1-15(28)32-12-11-20-22(16-7-3-2-4-8-16)25-24(33-20)26-23(31)19-13-17-9-5-6-10-18(17)27(19)14-21(29)30/h2-10,13H,11-12,14H2,1H3,(H,29,30)(H,25,26,31). The number of ether oxygens (including phenoxy) is 1. The number of carboxylic acids is 1. The van der Waals surface area contributed by atoms with Gasteiger partial charge in [-0.25, -0.2) is 4.98 Å². The third kappa shape index (κ3) is 5.09. The number of aromatic nitrogens is 2. The summed E-state index contributed by atoms with van der Waals surface area (Å²) in [5.74, 6) is -1.85. The Hall–Kier alpha value is -3.98. The highest BCUT2D eigenvalue weighted by Gasteiger charge is 2.20. The van der Waals surface area contributed by atoms with Crippen molar-refractivity contribution in [2.75, 3.05) is 11.9 Å². The molecule has 2 aromatic heterocycles. The van der Waals surface area contributed by atoms with Crippen molar-refractivity contribution >= 4 is 45.2 Å². The van der Waals surface area contributed by atoms with Crippen LogP contribution in [0.2, 0.25) is 0 Å². The maximum Gasteiger partial charge on any atom is 0.323 e. The van der Waals surface area contributed by atoms with E-state index in [2.05, 4.69) is 10.3 Å². The highest BCUT2D eigenvalue weighted by atomic mass is 32.1. The molecule has 168 valence electrons. The van der Waals surface area contributed by atoms with E-state index in [0.29, 0.717) is 22.8 Å². The summed E-state index contributed by atoms with van der Waals surface area (Å²) in [5, 5.41) is 13.3. The van der Waals surface area contributed by atoms with Crippen LogP contribution < -0.4 is 5.32 Å². The predicted octanol–water partition coefficient (Wildman–Crippen LogP) is 4.21. The Balaban J connectivity index is 1.65. The number of carboxylic acid groups (broad SMARTS) is 1. The number of nitrogens with zero attached hydrogens (tertiary/aromatic N) is 2. The van der Waals surface area contributed by atoms with Gasteiger partial charge >= 0.3 is 11.9 Å². The Bertz CT molecular complexity index is 1330. The number of esters is 1. The normalized spacial score (nSPS) is 10.8. The van der Waals surface area contributed by atoms with Gasteiger partial charge < -0.3 is 14.4 Å². The SMILES string of the molecule is CC(=O)OCCc1sc(NC(=O)c2cc3ccccc3n2CC(=O)O)nc1-c1ccccc1. The summed E-state index contributed by atoms with van der Waals surface area (Å²) in [6.07, 6.45) is 0.455. The number of carbonyl (C=O) groups is 3. The summed E-state index contributed by atoms with van der Waals surface area (Å²) in [5.41, 5.74) is 2.48. The zero-order valence-corrected chi connectivity index (χ0v) is 18.6. The first-order chi connectivity index (χ1) is 15.9. The molecule has 2 N–H and O–H groups in total. The van der Waals surface area contributed by atoms with Gasteiger partial charge in [-0.05, 0) is 12.1 Å². The molecule has 0 saturated heterocycles. The number of thiazole rings is 1. The largest absolute Gasteiger partial charge is 0.480 e. The summed E-state index contributed by atoms with van der Waals surface area (Å²) < 4.78 is 6.55. The Kier molecular flexibility index (Phi) is 6.50. The van der Waals surface area contributed by atoms with Crippen LogP contribution in [0, 0.1) is 0 Å². The van der Waals surface area contributed by atoms with Crippen molar-refractivity contribution in [3.63, 3.8) is 0 Å². The summed E-state index contributed by atoms with van der Waals surface area (Å²) in [7, 11) is 0. The summed E-state index contributed by atoms with van der Waals surface area (Å²) in [4.78, 5) is 41.1. The molecule has 1 amide bonds. The lowest BCUT2D eigenvalue weighted by Crippen LogP contribution is -2.19. The topological polar surface area (TPSA) is 111 Å². The lowest BCUT2D eigenvalue weighted by Gasteiger charge is -2.07. The fraction of sp³-hybridized carbons (Fsp3) is 0.167. The molecule has 0 aliphatic rings. The summed E-state index contributed by atoms with van der Waals surface area (Å²) >= 11 is 1.30. The molecule has 0 spiro atoms. The molecule has 0 fully saturated rings. The van der Waals surface area contributed by atoms with Gasteiger partial charge in [-0.3, -0.25) is 19.7 Å². The molecule has 0 unspecified atom stereocenters. The third-order valence-corrected chi connectivity index (χ3v) is 5.97. The minimum atomic E-state index is -1.04. The van der Waals surface area contributed by atoms with E-state index in [1.54, 1.807) is 18.2 Å². The van der Waals surface area contributed by atoms with Gasteiger partial charge in [0.05, 0.1) is 12.3 Å². The van der Waals surface area contributed by atoms with Gasteiger partial charge in [0, 0.05) is 34.7 Å². The van der Waals surface area contributed by atoms with E-state index in [9.17, 15) is 19.5 Å². The van der Waals surface area contributed by atoms with E-state index in [1.165, 1.54) is 22.8 Å². The number of anilines is 1. The first-order valence-electron chi connectivity index (χ1n) is 10.2. The summed E-state index contributed by atoms with van der Waals surface area (Å²) in [6.45, 7) is 1.22. The third-order valence-electron chi connectivity index (χ3n) is 4.94. The van der Waals surface area contributed by atoms with Crippen molar-refractivity contribution in [3.8, 4) is 11.3 Å². The zero-order valence-electron chi connectivity index (χ0n) is 17.8. The first kappa shape index (κ1) is 22.2. The van der Waals surface area contributed by atoms with Crippen molar-refractivity contribution in [1.29, 1.82) is 0 Å². The van der Waals surface area contributed by atoms with Crippen LogP contribution in [0.4, 0.5) is 5.13 Å². The lowest BCUT2D eigenvalue weighted by atomic mass is 10.1. The van der Waals surface area contributed by atoms with E-state index in [0.717, 1.165) is 15.8 Å². The van der Waals surface area contributed by atoms with Gasteiger partial charge in [-0.1, -0.05) is 48.5 Å². The van der Waals surface area contributed by atoms with Crippen LogP contribution in [0.25, 0.3) is 22.2 Å². The van der Waals surface area contributed by atoms with E-state index in [4.69, 9.17) is 4.74 Å². The number of hydrogen-bond donors (Lipinski definition) is 2. The number of amides is 1. The number of benzene rings is 2. The second-order valence-electron chi connectivity index (χ2n) is 7.27. The molecule has 0 bridgehead atoms. The fourth-order valence-electron chi connectivity index (χ4n) is 3.55. The minimum Gasteiger partial charge on any atom is -0.480 e. The van der Waals surface area contributed by atoms with Crippen LogP contribution in [0.15, 0.2) is 60.7 Å². The average molecular weight is 464 g/mol. The van der Waals surface area contributed by atoms with Crippen molar-refractivity contribution in [2.24, 2.45) is 0 Å². The second kappa shape index (κ2) is 9.66. The highest BCUT2D eigenvalue weighted by molar-refractivity contribution is 7.16. The fourth-order valence-corrected chi connectivity index (χ4v) is 4.51. The van der Waals surface area contributed by atoms with Crippen LogP contribution in [-0.2, 0) is 27.3 Å². The minimum absolute atomic E-state index is 0.206. The van der Waals surface area contributed by atoms with Crippen LogP contribution in [0.5, 0.6) is 0 Å². The van der Waals surface area contributed by atoms with Crippen molar-refractivity contribution < 1.29 is 24.2 Å². The van der Waals surface area contributed by atoms with Crippen LogP contribution in [-0.4, -0.2) is 39.1 Å². The molecule has 0 radical (unpaired) electrons. The molecule has 2 aromatic carbocycles. The Morgan fingerprint density at radius 2 is 1.82 bits per heavy atom. The van der Waals surface area contributed by atoms with Crippen molar-refractivity contribution in [1.82, 2.24) is 9.55 Å². The van der Waals surface area contributed by atoms with Crippen molar-refractivity contribution in [3.05, 3.63) is 71.2 Å². The van der Waals surface area contributed by atoms with Gasteiger partial charge in [0.15, 0.2) is 5.13 Å². The Morgan fingerprint density at radius 3 is 2.55 bits per heavy atom. The monoisotopic (exact) mass is 463 g/mol. The van der Waals surface area contributed by atoms with Gasteiger partial charge in [0.1, 0.15) is 12.2 Å². The molecule has 9 heteroatoms. The van der Waals surface area contributed by atoms with E-state index < -0.39 is 11.9 Å².